The molecule has 5 nitrogen and oxygen atoms in total. The van der Waals surface area contributed by atoms with Crippen molar-refractivity contribution in [3.8, 4) is 5.75 Å². The zero-order chi connectivity index (χ0) is 15.1. The molecule has 0 aliphatic heterocycles. The van der Waals surface area contributed by atoms with Crippen LogP contribution in [0.2, 0.25) is 0 Å². The number of carboxylic acid groups (broad SMARTS) is 1. The molecule has 2 aromatic carbocycles. The van der Waals surface area contributed by atoms with Crippen LogP contribution >= 0.6 is 0 Å². The maximum absolute atomic E-state index is 10.8. The van der Waals surface area contributed by atoms with Crippen molar-refractivity contribution in [1.29, 1.82) is 0 Å². The first-order chi connectivity index (χ1) is 10.2. The van der Waals surface area contributed by atoms with Gasteiger partial charge in [-0.2, -0.15) is 0 Å². The Morgan fingerprint density at radius 1 is 1.09 bits per heavy atom. The summed E-state index contributed by atoms with van der Waals surface area (Å²) in [5.74, 6) is -0.472. The van der Waals surface area contributed by atoms with Crippen LogP contribution in [0.5, 0.6) is 5.75 Å². The smallest absolute Gasteiger partial charge is 0.371 e. The van der Waals surface area contributed by atoms with Crippen molar-refractivity contribution < 1.29 is 19.4 Å². The zero-order valence-electron chi connectivity index (χ0n) is 12.4. The van der Waals surface area contributed by atoms with E-state index in [0.29, 0.717) is 6.61 Å². The average Bonchev–Trinajstić information content (AvgIpc) is 2.52. The highest BCUT2D eigenvalue weighted by Gasteiger charge is 2.06. The van der Waals surface area contributed by atoms with Crippen molar-refractivity contribution >= 4 is 12.0 Å². The minimum atomic E-state index is -1.10. The van der Waals surface area contributed by atoms with Crippen molar-refractivity contribution in [2.75, 3.05) is 7.11 Å². The average molecular weight is 301 g/mol. The summed E-state index contributed by atoms with van der Waals surface area (Å²) < 4.78 is 10.4. The third-order valence-electron chi connectivity index (χ3n) is 2.86. The van der Waals surface area contributed by atoms with Gasteiger partial charge in [0.15, 0.2) is 0 Å². The summed E-state index contributed by atoms with van der Waals surface area (Å²) in [6, 6.07) is 17.0. The van der Waals surface area contributed by atoms with E-state index >= 15 is 0 Å². The van der Waals surface area contributed by atoms with Crippen molar-refractivity contribution in [1.82, 2.24) is 6.15 Å². The summed E-state index contributed by atoms with van der Waals surface area (Å²) in [7, 11) is 1.33. The number of hydrogen-bond acceptors (Lipinski definition) is 4. The maximum atomic E-state index is 10.8. The summed E-state index contributed by atoms with van der Waals surface area (Å²) in [5, 5.41) is 8.88. The molecule has 0 radical (unpaired) electrons. The van der Waals surface area contributed by atoms with E-state index in [0.717, 1.165) is 16.9 Å². The van der Waals surface area contributed by atoms with Crippen LogP contribution in [-0.2, 0) is 16.1 Å². The van der Waals surface area contributed by atoms with Crippen molar-refractivity contribution in [2.24, 2.45) is 0 Å². The Morgan fingerprint density at radius 3 is 2.27 bits per heavy atom. The molecule has 0 fully saturated rings. The third-order valence-corrected chi connectivity index (χ3v) is 2.86. The first-order valence-electron chi connectivity index (χ1n) is 6.45. The number of aliphatic carboxylic acids is 1. The number of ether oxygens (including phenoxy) is 2. The van der Waals surface area contributed by atoms with Gasteiger partial charge in [-0.15, -0.1) is 0 Å². The summed E-state index contributed by atoms with van der Waals surface area (Å²) in [4.78, 5) is 10.8. The fourth-order valence-electron chi connectivity index (χ4n) is 1.76. The van der Waals surface area contributed by atoms with Crippen LogP contribution in [0.25, 0.3) is 6.08 Å². The van der Waals surface area contributed by atoms with Gasteiger partial charge in [-0.1, -0.05) is 42.5 Å². The van der Waals surface area contributed by atoms with Crippen LogP contribution in [-0.4, -0.2) is 18.2 Å². The van der Waals surface area contributed by atoms with Crippen molar-refractivity contribution in [3.05, 3.63) is 71.5 Å². The molecule has 4 N–H and O–H groups in total. The Labute approximate surface area is 129 Å². The predicted molar refractivity (Wildman–Crippen MR) is 84.9 cm³/mol. The second-order valence-electron chi connectivity index (χ2n) is 4.36. The molecule has 0 amide bonds. The quantitative estimate of drug-likeness (QED) is 0.629. The lowest BCUT2D eigenvalue weighted by Crippen LogP contribution is -2.01. The molecule has 0 unspecified atom stereocenters. The van der Waals surface area contributed by atoms with Crippen LogP contribution in [0.1, 0.15) is 11.1 Å². The van der Waals surface area contributed by atoms with Gasteiger partial charge in [-0.25, -0.2) is 4.79 Å². The molecule has 22 heavy (non-hydrogen) atoms. The van der Waals surface area contributed by atoms with Crippen LogP contribution in [0.4, 0.5) is 0 Å². The number of carbonyl (C=O) groups is 1. The zero-order valence-corrected chi connectivity index (χ0v) is 12.4. The first-order valence-corrected chi connectivity index (χ1v) is 6.45. The van der Waals surface area contributed by atoms with E-state index in [4.69, 9.17) is 14.6 Å². The second-order valence-corrected chi connectivity index (χ2v) is 4.36. The van der Waals surface area contributed by atoms with E-state index in [1.807, 2.05) is 30.3 Å². The van der Waals surface area contributed by atoms with Gasteiger partial charge in [0.2, 0.25) is 5.76 Å². The number of rotatable bonds is 6. The van der Waals surface area contributed by atoms with E-state index < -0.39 is 5.97 Å². The SMILES string of the molecule is CO/C(=C\c1ccc(OCc2ccccc2)cc1)C(=O)O.N. The Morgan fingerprint density at radius 2 is 1.73 bits per heavy atom. The molecular formula is C17H19NO4. The third kappa shape index (κ3) is 4.96. The van der Waals surface area contributed by atoms with Gasteiger partial charge in [-0.05, 0) is 29.3 Å². The fraction of sp³-hybridized carbons (Fsp3) is 0.118. The summed E-state index contributed by atoms with van der Waals surface area (Å²) in [6.45, 7) is 0.495. The van der Waals surface area contributed by atoms with Gasteiger partial charge < -0.3 is 20.7 Å². The lowest BCUT2D eigenvalue weighted by Gasteiger charge is -2.06. The summed E-state index contributed by atoms with van der Waals surface area (Å²) >= 11 is 0. The Kier molecular flexibility index (Phi) is 6.66. The van der Waals surface area contributed by atoms with Gasteiger partial charge in [0.1, 0.15) is 12.4 Å². The highest BCUT2D eigenvalue weighted by atomic mass is 16.5. The molecule has 0 saturated heterocycles. The van der Waals surface area contributed by atoms with Gasteiger partial charge in [0.05, 0.1) is 7.11 Å². The van der Waals surface area contributed by atoms with Crippen molar-refractivity contribution in [2.45, 2.75) is 6.61 Å². The van der Waals surface area contributed by atoms with Gasteiger partial charge in [0.25, 0.3) is 0 Å². The number of hydrogen-bond donors (Lipinski definition) is 2. The standard InChI is InChI=1S/C17H16O4.H3N/c1-20-16(17(18)19)11-13-7-9-15(10-8-13)21-12-14-5-3-2-4-6-14;/h2-11H,12H2,1H3,(H,18,19);1H3/b16-11-;. The lowest BCUT2D eigenvalue weighted by atomic mass is 10.2. The lowest BCUT2D eigenvalue weighted by molar-refractivity contribution is -0.135. The number of benzene rings is 2. The molecule has 0 spiro atoms. The highest BCUT2D eigenvalue weighted by Crippen LogP contribution is 2.16. The Balaban J connectivity index is 0.00000242. The van der Waals surface area contributed by atoms with E-state index in [-0.39, 0.29) is 11.9 Å². The summed E-state index contributed by atoms with van der Waals surface area (Å²) in [6.07, 6.45) is 1.46. The molecule has 2 aromatic rings. The van der Waals surface area contributed by atoms with Crippen LogP contribution < -0.4 is 10.9 Å². The van der Waals surface area contributed by atoms with Gasteiger partial charge in [-0.3, -0.25) is 0 Å². The van der Waals surface area contributed by atoms with E-state index in [2.05, 4.69) is 0 Å². The molecule has 0 aliphatic rings. The molecule has 5 heteroatoms. The normalized spacial score (nSPS) is 10.5. The van der Waals surface area contributed by atoms with Crippen molar-refractivity contribution in [3.63, 3.8) is 0 Å². The summed E-state index contributed by atoms with van der Waals surface area (Å²) in [5.41, 5.74) is 1.83. The topological polar surface area (TPSA) is 90.8 Å². The molecule has 2 rings (SSSR count). The van der Waals surface area contributed by atoms with Gasteiger partial charge in [0, 0.05) is 0 Å². The minimum Gasteiger partial charge on any atom is -0.490 e. The van der Waals surface area contributed by atoms with Crippen LogP contribution in [0.3, 0.4) is 0 Å². The van der Waals surface area contributed by atoms with Crippen LogP contribution in [0, 0.1) is 0 Å². The minimum absolute atomic E-state index is 0. The second kappa shape index (κ2) is 8.49. The van der Waals surface area contributed by atoms with E-state index in [9.17, 15) is 4.79 Å². The van der Waals surface area contributed by atoms with E-state index in [1.54, 1.807) is 24.3 Å². The fourth-order valence-corrected chi connectivity index (χ4v) is 1.76. The monoisotopic (exact) mass is 301 g/mol. The maximum Gasteiger partial charge on any atom is 0.371 e. The molecule has 0 aromatic heterocycles. The molecule has 0 bridgehead atoms. The molecule has 0 heterocycles. The largest absolute Gasteiger partial charge is 0.490 e. The number of methoxy groups -OCH3 is 1. The highest BCUT2D eigenvalue weighted by molar-refractivity contribution is 5.89. The van der Waals surface area contributed by atoms with Crippen LogP contribution in [0.15, 0.2) is 60.4 Å². The first kappa shape index (κ1) is 17.3. The molecular weight excluding hydrogens is 282 g/mol. The molecule has 0 atom stereocenters. The number of carboxylic acids is 1. The van der Waals surface area contributed by atoms with E-state index in [1.165, 1.54) is 13.2 Å². The van der Waals surface area contributed by atoms with Gasteiger partial charge >= 0.3 is 5.97 Å². The Hall–Kier alpha value is -2.79. The predicted octanol–water partition coefficient (Wildman–Crippen LogP) is 3.50. The molecule has 0 aliphatic carbocycles. The molecule has 116 valence electrons. The Bertz CT molecular complexity index is 621. The molecule has 0 saturated carbocycles.